The first-order chi connectivity index (χ1) is 14.0. The molecule has 0 N–H and O–H groups in total. The Hall–Kier alpha value is -3.13. The third kappa shape index (κ3) is 4.09. The van der Waals surface area contributed by atoms with Crippen LogP contribution >= 0.6 is 0 Å². The van der Waals surface area contributed by atoms with E-state index in [1.54, 1.807) is 6.92 Å². The minimum Gasteiger partial charge on any atom is -0.451 e. The van der Waals surface area contributed by atoms with Crippen molar-refractivity contribution in [3.8, 4) is 6.01 Å². The van der Waals surface area contributed by atoms with Gasteiger partial charge in [-0.1, -0.05) is 5.16 Å². The van der Waals surface area contributed by atoms with E-state index >= 15 is 0 Å². The van der Waals surface area contributed by atoms with Crippen LogP contribution in [0.3, 0.4) is 0 Å². The Morgan fingerprint density at radius 1 is 1.20 bits per heavy atom. The number of hydrogen-bond acceptors (Lipinski definition) is 9. The van der Waals surface area contributed by atoms with Gasteiger partial charge in [0.05, 0.1) is 6.54 Å². The van der Waals surface area contributed by atoms with Crippen LogP contribution in [-0.4, -0.2) is 66.4 Å². The number of aromatic nitrogens is 7. The van der Waals surface area contributed by atoms with Gasteiger partial charge < -0.3 is 14.2 Å². The summed E-state index contributed by atoms with van der Waals surface area (Å²) < 4.78 is 75.7. The SMILES string of the molecule is Cc1noc(Cn2nc3nc(O[C@@H](C)C(F)(F)F)nc(N4CCC(F)(F)C4)c3n2)n1. The van der Waals surface area contributed by atoms with E-state index in [4.69, 9.17) is 9.26 Å². The summed E-state index contributed by atoms with van der Waals surface area (Å²) in [7, 11) is 0. The zero-order valence-corrected chi connectivity index (χ0v) is 15.7. The van der Waals surface area contributed by atoms with E-state index in [0.29, 0.717) is 5.82 Å². The van der Waals surface area contributed by atoms with E-state index < -0.39 is 37.2 Å². The number of aryl methyl sites for hydroxylation is 1. The molecule has 1 atom stereocenters. The summed E-state index contributed by atoms with van der Waals surface area (Å²) in [5.74, 6) is -2.49. The molecule has 30 heavy (non-hydrogen) atoms. The van der Waals surface area contributed by atoms with Crippen LogP contribution in [0.15, 0.2) is 4.52 Å². The van der Waals surface area contributed by atoms with Gasteiger partial charge in [0, 0.05) is 13.0 Å². The molecule has 0 unspecified atom stereocenters. The second kappa shape index (κ2) is 6.98. The maximum Gasteiger partial charge on any atom is 0.425 e. The molecule has 0 amide bonds. The molecule has 3 aromatic rings. The standard InChI is InChI=1S/C15H15F5N8O2/c1-7(15(18,19)20)29-13-22-11-10(12(23-13)27-4-3-14(16,17)6-27)24-28(25-11)5-9-21-8(2)26-30-9/h7H,3-6H2,1-2H3/t7-/m0/s1. The van der Waals surface area contributed by atoms with Crippen molar-refractivity contribution in [3.05, 3.63) is 11.7 Å². The second-order valence-electron chi connectivity index (χ2n) is 6.80. The van der Waals surface area contributed by atoms with Crippen molar-refractivity contribution < 1.29 is 31.2 Å². The van der Waals surface area contributed by atoms with Crippen molar-refractivity contribution in [3.63, 3.8) is 0 Å². The normalized spacial score (nSPS) is 17.6. The quantitative estimate of drug-likeness (QED) is 0.558. The van der Waals surface area contributed by atoms with Gasteiger partial charge in [0.15, 0.2) is 23.3 Å². The minimum absolute atomic E-state index is 0.0379. The molecule has 0 aromatic carbocycles. The molecule has 0 spiro atoms. The Bertz CT molecular complexity index is 1070. The highest BCUT2D eigenvalue weighted by atomic mass is 19.4. The van der Waals surface area contributed by atoms with Crippen molar-refractivity contribution in [1.29, 1.82) is 0 Å². The summed E-state index contributed by atoms with van der Waals surface area (Å²) in [5, 5.41) is 11.9. The Morgan fingerprint density at radius 2 is 1.97 bits per heavy atom. The summed E-state index contributed by atoms with van der Waals surface area (Å²) in [6.07, 6.45) is -7.30. The fraction of sp³-hybridized carbons (Fsp3) is 0.600. The molecule has 162 valence electrons. The molecular weight excluding hydrogens is 419 g/mol. The molecule has 4 rings (SSSR count). The van der Waals surface area contributed by atoms with E-state index in [0.717, 1.165) is 11.7 Å². The number of halogens is 5. The highest BCUT2D eigenvalue weighted by molar-refractivity contribution is 5.83. The van der Waals surface area contributed by atoms with Gasteiger partial charge in [0.1, 0.15) is 6.54 Å². The smallest absolute Gasteiger partial charge is 0.425 e. The number of alkyl halides is 5. The fourth-order valence-electron chi connectivity index (χ4n) is 2.83. The summed E-state index contributed by atoms with van der Waals surface area (Å²) in [6.45, 7) is 1.61. The monoisotopic (exact) mass is 434 g/mol. The van der Waals surface area contributed by atoms with Gasteiger partial charge in [-0.15, -0.1) is 10.2 Å². The van der Waals surface area contributed by atoms with E-state index in [1.165, 1.54) is 4.90 Å². The number of anilines is 1. The molecule has 0 radical (unpaired) electrons. The highest BCUT2D eigenvalue weighted by Crippen LogP contribution is 2.34. The van der Waals surface area contributed by atoms with Crippen LogP contribution in [0.4, 0.5) is 27.8 Å². The van der Waals surface area contributed by atoms with Gasteiger partial charge in [-0.25, -0.2) is 8.78 Å². The van der Waals surface area contributed by atoms with Gasteiger partial charge in [-0.05, 0) is 13.8 Å². The molecular formula is C15H15F5N8O2. The number of nitrogens with zero attached hydrogens (tertiary/aromatic N) is 8. The predicted octanol–water partition coefficient (Wildman–Crippen LogP) is 2.14. The van der Waals surface area contributed by atoms with Crippen LogP contribution in [0, 0.1) is 6.92 Å². The van der Waals surface area contributed by atoms with E-state index in [-0.39, 0.29) is 36.0 Å². The molecule has 0 saturated carbocycles. The molecule has 0 aliphatic carbocycles. The highest BCUT2D eigenvalue weighted by Gasteiger charge is 2.41. The summed E-state index contributed by atoms with van der Waals surface area (Å²) >= 11 is 0. The van der Waals surface area contributed by atoms with Crippen molar-refractivity contribution >= 4 is 17.0 Å². The number of ether oxygens (including phenoxy) is 1. The molecule has 1 fully saturated rings. The fourth-order valence-corrected chi connectivity index (χ4v) is 2.83. The van der Waals surface area contributed by atoms with Crippen LogP contribution in [0.1, 0.15) is 25.1 Å². The average Bonchev–Trinajstić information content (AvgIpc) is 3.32. The van der Waals surface area contributed by atoms with Gasteiger partial charge in [0.2, 0.25) is 11.5 Å². The molecule has 15 heteroatoms. The molecule has 4 heterocycles. The first kappa shape index (κ1) is 20.2. The summed E-state index contributed by atoms with van der Waals surface area (Å²) in [4.78, 5) is 14.1. The maximum atomic E-state index is 13.7. The van der Waals surface area contributed by atoms with E-state index in [1.807, 2.05) is 0 Å². The van der Waals surface area contributed by atoms with Crippen LogP contribution in [0.2, 0.25) is 0 Å². The zero-order chi connectivity index (χ0) is 21.7. The second-order valence-corrected chi connectivity index (χ2v) is 6.80. The number of rotatable bonds is 5. The zero-order valence-electron chi connectivity index (χ0n) is 15.7. The third-order valence-electron chi connectivity index (χ3n) is 4.31. The average molecular weight is 434 g/mol. The molecule has 1 aliphatic rings. The van der Waals surface area contributed by atoms with Crippen molar-refractivity contribution in [2.45, 2.75) is 45.0 Å². The number of fused-ring (bicyclic) bond motifs is 1. The van der Waals surface area contributed by atoms with Gasteiger partial charge in [-0.3, -0.25) is 0 Å². The number of hydrogen-bond donors (Lipinski definition) is 0. The summed E-state index contributed by atoms with van der Waals surface area (Å²) in [6, 6.07) is -0.641. The van der Waals surface area contributed by atoms with E-state index in [2.05, 4.69) is 30.3 Å². The third-order valence-corrected chi connectivity index (χ3v) is 4.31. The molecule has 1 saturated heterocycles. The first-order valence-electron chi connectivity index (χ1n) is 8.78. The van der Waals surface area contributed by atoms with Crippen LogP contribution < -0.4 is 9.64 Å². The first-order valence-corrected chi connectivity index (χ1v) is 8.78. The van der Waals surface area contributed by atoms with E-state index in [9.17, 15) is 22.0 Å². The van der Waals surface area contributed by atoms with Gasteiger partial charge in [0.25, 0.3) is 5.92 Å². The lowest BCUT2D eigenvalue weighted by atomic mass is 10.3. The molecule has 0 bridgehead atoms. The van der Waals surface area contributed by atoms with Crippen molar-refractivity contribution in [2.24, 2.45) is 0 Å². The van der Waals surface area contributed by atoms with Crippen LogP contribution in [-0.2, 0) is 6.54 Å². The predicted molar refractivity (Wildman–Crippen MR) is 89.2 cm³/mol. The Labute approximate surface area is 165 Å². The lowest BCUT2D eigenvalue weighted by Crippen LogP contribution is -2.32. The largest absolute Gasteiger partial charge is 0.451 e. The topological polar surface area (TPSA) is 108 Å². The minimum atomic E-state index is -4.66. The van der Waals surface area contributed by atoms with Crippen molar-refractivity contribution in [1.82, 2.24) is 35.1 Å². The molecule has 1 aliphatic heterocycles. The Kier molecular flexibility index (Phi) is 4.69. The Morgan fingerprint density at radius 3 is 2.57 bits per heavy atom. The lowest BCUT2D eigenvalue weighted by Gasteiger charge is -2.19. The van der Waals surface area contributed by atoms with Crippen LogP contribution in [0.25, 0.3) is 11.2 Å². The molecule has 3 aromatic heterocycles. The maximum absolute atomic E-state index is 13.7. The lowest BCUT2D eigenvalue weighted by molar-refractivity contribution is -0.190. The summed E-state index contributed by atoms with van der Waals surface area (Å²) in [5.41, 5.74) is -0.0771. The van der Waals surface area contributed by atoms with Crippen LogP contribution in [0.5, 0.6) is 6.01 Å². The Balaban J connectivity index is 1.72. The van der Waals surface area contributed by atoms with Gasteiger partial charge >= 0.3 is 12.2 Å². The molecule has 10 nitrogen and oxygen atoms in total. The van der Waals surface area contributed by atoms with Crippen molar-refractivity contribution in [2.75, 3.05) is 18.0 Å². The van der Waals surface area contributed by atoms with Gasteiger partial charge in [-0.2, -0.15) is 32.9 Å².